The SMILES string of the molecule is CC1(C)OB(c2cc(C#N)nc(C3CCCOC3)c2)OC1(C)C. The second-order valence-electron chi connectivity index (χ2n) is 7.32. The molecule has 3 rings (SSSR count). The van der Waals surface area contributed by atoms with E-state index in [0.29, 0.717) is 12.3 Å². The molecule has 23 heavy (non-hydrogen) atoms. The Kier molecular flexibility index (Phi) is 4.22. The highest BCUT2D eigenvalue weighted by Gasteiger charge is 2.51. The number of pyridine rings is 1. The molecule has 0 N–H and O–H groups in total. The van der Waals surface area contributed by atoms with Crippen molar-refractivity contribution in [3.63, 3.8) is 0 Å². The monoisotopic (exact) mass is 314 g/mol. The largest absolute Gasteiger partial charge is 0.495 e. The fraction of sp³-hybridized carbons (Fsp3) is 0.647. The first-order valence-electron chi connectivity index (χ1n) is 8.18. The average molecular weight is 314 g/mol. The van der Waals surface area contributed by atoms with Crippen LogP contribution in [0.25, 0.3) is 0 Å². The van der Waals surface area contributed by atoms with Crippen molar-refractivity contribution < 1.29 is 14.0 Å². The van der Waals surface area contributed by atoms with Gasteiger partial charge in [-0.1, -0.05) is 0 Å². The van der Waals surface area contributed by atoms with Gasteiger partial charge in [0.1, 0.15) is 11.8 Å². The van der Waals surface area contributed by atoms with E-state index >= 15 is 0 Å². The second-order valence-corrected chi connectivity index (χ2v) is 7.32. The molecule has 122 valence electrons. The Morgan fingerprint density at radius 3 is 2.48 bits per heavy atom. The fourth-order valence-corrected chi connectivity index (χ4v) is 2.93. The van der Waals surface area contributed by atoms with Gasteiger partial charge in [0.15, 0.2) is 0 Å². The lowest BCUT2D eigenvalue weighted by Gasteiger charge is -2.32. The predicted molar refractivity (Wildman–Crippen MR) is 87.5 cm³/mol. The first kappa shape index (κ1) is 16.4. The third kappa shape index (κ3) is 3.14. The van der Waals surface area contributed by atoms with Crippen LogP contribution in [0.15, 0.2) is 12.1 Å². The van der Waals surface area contributed by atoms with Crippen LogP contribution in [0.2, 0.25) is 0 Å². The lowest BCUT2D eigenvalue weighted by molar-refractivity contribution is 0.00578. The van der Waals surface area contributed by atoms with E-state index in [1.54, 1.807) is 6.07 Å². The summed E-state index contributed by atoms with van der Waals surface area (Å²) in [6, 6.07) is 5.91. The summed E-state index contributed by atoms with van der Waals surface area (Å²) in [6.45, 7) is 9.55. The van der Waals surface area contributed by atoms with Gasteiger partial charge >= 0.3 is 7.12 Å². The van der Waals surface area contributed by atoms with Crippen molar-refractivity contribution in [1.82, 2.24) is 4.98 Å². The minimum atomic E-state index is -0.474. The van der Waals surface area contributed by atoms with Gasteiger partial charge in [-0.2, -0.15) is 5.26 Å². The molecular formula is C17H23BN2O3. The number of nitriles is 1. The third-order valence-electron chi connectivity index (χ3n) is 5.09. The Morgan fingerprint density at radius 2 is 1.91 bits per heavy atom. The van der Waals surface area contributed by atoms with E-state index in [1.165, 1.54) is 0 Å². The first-order chi connectivity index (χ1) is 10.8. The van der Waals surface area contributed by atoms with Crippen molar-refractivity contribution in [2.24, 2.45) is 0 Å². The van der Waals surface area contributed by atoms with Gasteiger partial charge in [-0.3, -0.25) is 0 Å². The Bertz CT molecular complexity index is 617. The van der Waals surface area contributed by atoms with E-state index < -0.39 is 18.3 Å². The minimum Gasteiger partial charge on any atom is -0.399 e. The molecular weight excluding hydrogens is 291 g/mol. The Hall–Kier alpha value is -1.42. The molecule has 2 aliphatic heterocycles. The molecule has 2 saturated heterocycles. The topological polar surface area (TPSA) is 64.4 Å². The van der Waals surface area contributed by atoms with E-state index in [0.717, 1.165) is 30.6 Å². The molecule has 0 amide bonds. The molecule has 1 aromatic heterocycles. The van der Waals surface area contributed by atoms with E-state index in [4.69, 9.17) is 14.0 Å². The Morgan fingerprint density at radius 1 is 1.22 bits per heavy atom. The summed E-state index contributed by atoms with van der Waals surface area (Å²) >= 11 is 0. The smallest absolute Gasteiger partial charge is 0.399 e. The van der Waals surface area contributed by atoms with Crippen molar-refractivity contribution in [3.05, 3.63) is 23.5 Å². The normalized spacial score (nSPS) is 26.0. The summed E-state index contributed by atoms with van der Waals surface area (Å²) in [4.78, 5) is 4.47. The average Bonchev–Trinajstić information content (AvgIpc) is 2.76. The van der Waals surface area contributed by atoms with Crippen LogP contribution in [0.5, 0.6) is 0 Å². The molecule has 2 aliphatic rings. The molecule has 0 aliphatic carbocycles. The molecule has 0 spiro atoms. The van der Waals surface area contributed by atoms with E-state index in [2.05, 4.69) is 11.1 Å². The van der Waals surface area contributed by atoms with Crippen LogP contribution in [-0.2, 0) is 14.0 Å². The number of ether oxygens (including phenoxy) is 1. The summed E-state index contributed by atoms with van der Waals surface area (Å²) in [5.74, 6) is 0.234. The van der Waals surface area contributed by atoms with Gasteiger partial charge in [-0.05, 0) is 58.1 Å². The van der Waals surface area contributed by atoms with Gasteiger partial charge < -0.3 is 14.0 Å². The van der Waals surface area contributed by atoms with Crippen LogP contribution in [0.4, 0.5) is 0 Å². The van der Waals surface area contributed by atoms with E-state index in [1.807, 2.05) is 33.8 Å². The number of hydrogen-bond acceptors (Lipinski definition) is 5. The summed E-state index contributed by atoms with van der Waals surface area (Å²) in [5.41, 5.74) is 1.35. The maximum atomic E-state index is 9.31. The van der Waals surface area contributed by atoms with Crippen molar-refractivity contribution >= 4 is 12.6 Å². The maximum Gasteiger partial charge on any atom is 0.495 e. The zero-order chi connectivity index (χ0) is 16.7. The summed E-state index contributed by atoms with van der Waals surface area (Å²) in [6.07, 6.45) is 2.06. The van der Waals surface area contributed by atoms with Gasteiger partial charge in [-0.25, -0.2) is 4.98 Å². The molecule has 0 radical (unpaired) electrons. The number of rotatable bonds is 2. The van der Waals surface area contributed by atoms with Gasteiger partial charge in [0.2, 0.25) is 0 Å². The lowest BCUT2D eigenvalue weighted by Crippen LogP contribution is -2.41. The minimum absolute atomic E-state index is 0.234. The third-order valence-corrected chi connectivity index (χ3v) is 5.09. The molecule has 0 saturated carbocycles. The molecule has 2 fully saturated rings. The quantitative estimate of drug-likeness (QED) is 0.783. The maximum absolute atomic E-state index is 9.31. The van der Waals surface area contributed by atoms with Crippen molar-refractivity contribution in [2.45, 2.75) is 57.7 Å². The summed E-state index contributed by atoms with van der Waals surface area (Å²) in [7, 11) is -0.474. The van der Waals surface area contributed by atoms with Gasteiger partial charge in [0.05, 0.1) is 17.8 Å². The summed E-state index contributed by atoms with van der Waals surface area (Å²) < 4.78 is 17.8. The Labute approximate surface area is 138 Å². The Balaban J connectivity index is 1.92. The van der Waals surface area contributed by atoms with Crippen LogP contribution >= 0.6 is 0 Å². The van der Waals surface area contributed by atoms with E-state index in [-0.39, 0.29) is 5.92 Å². The van der Waals surface area contributed by atoms with Crippen molar-refractivity contribution in [3.8, 4) is 6.07 Å². The van der Waals surface area contributed by atoms with Crippen molar-refractivity contribution in [2.75, 3.05) is 13.2 Å². The molecule has 3 heterocycles. The van der Waals surface area contributed by atoms with Gasteiger partial charge in [0.25, 0.3) is 0 Å². The highest BCUT2D eigenvalue weighted by molar-refractivity contribution is 6.62. The summed E-state index contributed by atoms with van der Waals surface area (Å²) in [5, 5.41) is 9.31. The molecule has 1 aromatic rings. The number of nitrogens with zero attached hydrogens (tertiary/aromatic N) is 2. The molecule has 5 nitrogen and oxygen atoms in total. The van der Waals surface area contributed by atoms with Gasteiger partial charge in [-0.15, -0.1) is 0 Å². The molecule has 0 aromatic carbocycles. The molecule has 6 heteroatoms. The highest BCUT2D eigenvalue weighted by Crippen LogP contribution is 2.36. The standard InChI is InChI=1S/C17H23BN2O3/c1-16(2)17(3,4)23-18(22-16)13-8-14(10-19)20-15(9-13)12-6-5-7-21-11-12/h8-9,12H,5-7,11H2,1-4H3. The number of hydrogen-bond donors (Lipinski definition) is 0. The zero-order valence-corrected chi connectivity index (χ0v) is 14.3. The van der Waals surface area contributed by atoms with Crippen LogP contribution in [0.1, 0.15) is 57.8 Å². The van der Waals surface area contributed by atoms with Crippen molar-refractivity contribution in [1.29, 1.82) is 5.26 Å². The predicted octanol–water partition coefficient (Wildman–Crippen LogP) is 2.15. The van der Waals surface area contributed by atoms with Gasteiger partial charge in [0, 0.05) is 18.2 Å². The molecule has 1 unspecified atom stereocenters. The first-order valence-corrected chi connectivity index (χ1v) is 8.18. The highest BCUT2D eigenvalue weighted by atomic mass is 16.7. The van der Waals surface area contributed by atoms with Crippen LogP contribution in [-0.4, -0.2) is 36.5 Å². The van der Waals surface area contributed by atoms with Crippen LogP contribution in [0.3, 0.4) is 0 Å². The van der Waals surface area contributed by atoms with Crippen LogP contribution in [0, 0.1) is 11.3 Å². The zero-order valence-electron chi connectivity index (χ0n) is 14.3. The van der Waals surface area contributed by atoms with Crippen LogP contribution < -0.4 is 5.46 Å². The fourth-order valence-electron chi connectivity index (χ4n) is 2.93. The van der Waals surface area contributed by atoms with E-state index in [9.17, 15) is 5.26 Å². The molecule has 0 bridgehead atoms. The molecule has 1 atom stereocenters. The second kappa shape index (κ2) is 5.90. The number of aromatic nitrogens is 1. The lowest BCUT2D eigenvalue weighted by atomic mass is 9.78.